The van der Waals surface area contributed by atoms with Crippen molar-refractivity contribution in [2.45, 2.75) is 25.6 Å². The monoisotopic (exact) mass is 315 g/mol. The quantitative estimate of drug-likeness (QED) is 0.843. The minimum absolute atomic E-state index is 0.0118. The highest BCUT2D eigenvalue weighted by Gasteiger charge is 2.28. The molecule has 122 valence electrons. The first-order valence-corrected chi connectivity index (χ1v) is 7.73. The van der Waals surface area contributed by atoms with Crippen molar-refractivity contribution in [1.82, 2.24) is 14.5 Å². The molecule has 0 aliphatic carbocycles. The number of methoxy groups -OCH3 is 1. The van der Waals surface area contributed by atoms with Gasteiger partial charge in [-0.2, -0.15) is 0 Å². The maximum atomic E-state index is 12.4. The standard InChI is InChI=1S/C17H21N3O3/c1-22-12-17(21)20-10-15-9-18-13-19(15)8-7-14(20)11-23-16-5-3-2-4-6-16/h2-6,9,13-14H,7-8,10-12H2,1H3/t14-/m1/s1. The summed E-state index contributed by atoms with van der Waals surface area (Å²) < 4.78 is 13.0. The van der Waals surface area contributed by atoms with Crippen LogP contribution in [0.15, 0.2) is 42.9 Å². The lowest BCUT2D eigenvalue weighted by atomic mass is 10.2. The van der Waals surface area contributed by atoms with Crippen molar-refractivity contribution < 1.29 is 14.3 Å². The Kier molecular flexibility index (Phi) is 4.92. The number of fused-ring (bicyclic) bond motifs is 1. The number of ether oxygens (including phenoxy) is 2. The van der Waals surface area contributed by atoms with E-state index in [1.54, 1.807) is 0 Å². The first-order valence-electron chi connectivity index (χ1n) is 7.73. The molecule has 3 rings (SSSR count). The molecular weight excluding hydrogens is 294 g/mol. The minimum atomic E-state index is -0.0242. The van der Waals surface area contributed by atoms with Gasteiger partial charge in [-0.05, 0) is 18.6 Å². The van der Waals surface area contributed by atoms with Crippen LogP contribution in [-0.2, 0) is 22.6 Å². The number of carbonyl (C=O) groups excluding carboxylic acids is 1. The van der Waals surface area contributed by atoms with E-state index in [-0.39, 0.29) is 18.6 Å². The predicted molar refractivity (Wildman–Crippen MR) is 85.0 cm³/mol. The molecule has 6 heteroatoms. The van der Waals surface area contributed by atoms with Gasteiger partial charge in [0.15, 0.2) is 0 Å². The highest BCUT2D eigenvalue weighted by Crippen LogP contribution is 2.19. The smallest absolute Gasteiger partial charge is 0.249 e. The van der Waals surface area contributed by atoms with Gasteiger partial charge in [0.1, 0.15) is 19.0 Å². The van der Waals surface area contributed by atoms with Crippen LogP contribution in [0.3, 0.4) is 0 Å². The molecule has 2 heterocycles. The Balaban J connectivity index is 1.73. The summed E-state index contributed by atoms with van der Waals surface area (Å²) >= 11 is 0. The number of aromatic nitrogens is 2. The normalized spacial score (nSPS) is 17.4. The summed E-state index contributed by atoms with van der Waals surface area (Å²) in [5, 5.41) is 0. The van der Waals surface area contributed by atoms with Gasteiger partial charge in [0.05, 0.1) is 24.6 Å². The molecule has 23 heavy (non-hydrogen) atoms. The number of nitrogens with zero attached hydrogens (tertiary/aromatic N) is 3. The lowest BCUT2D eigenvalue weighted by Gasteiger charge is -2.29. The third kappa shape index (κ3) is 3.71. The first kappa shape index (κ1) is 15.6. The number of carbonyl (C=O) groups is 1. The van der Waals surface area contributed by atoms with Crippen LogP contribution < -0.4 is 4.74 Å². The topological polar surface area (TPSA) is 56.6 Å². The molecule has 0 saturated heterocycles. The molecule has 0 bridgehead atoms. The molecule has 0 spiro atoms. The van der Waals surface area contributed by atoms with E-state index in [9.17, 15) is 4.79 Å². The Hall–Kier alpha value is -2.34. The Labute approximate surface area is 135 Å². The largest absolute Gasteiger partial charge is 0.491 e. The zero-order chi connectivity index (χ0) is 16.1. The summed E-state index contributed by atoms with van der Waals surface area (Å²) in [4.78, 5) is 18.4. The van der Waals surface area contributed by atoms with Gasteiger partial charge in [-0.25, -0.2) is 4.98 Å². The van der Waals surface area contributed by atoms with E-state index in [4.69, 9.17) is 9.47 Å². The number of hydrogen-bond donors (Lipinski definition) is 0. The average Bonchev–Trinajstić information content (AvgIpc) is 2.94. The molecule has 0 radical (unpaired) electrons. The highest BCUT2D eigenvalue weighted by molar-refractivity contribution is 5.77. The van der Waals surface area contributed by atoms with Gasteiger partial charge in [-0.1, -0.05) is 18.2 Å². The van der Waals surface area contributed by atoms with Crippen molar-refractivity contribution in [3.63, 3.8) is 0 Å². The maximum absolute atomic E-state index is 12.4. The van der Waals surface area contributed by atoms with Crippen LogP contribution in [0, 0.1) is 0 Å². The number of para-hydroxylation sites is 1. The lowest BCUT2D eigenvalue weighted by Crippen LogP contribution is -2.44. The molecule has 1 aromatic carbocycles. The molecular formula is C17H21N3O3. The van der Waals surface area contributed by atoms with Crippen molar-refractivity contribution >= 4 is 5.91 Å². The fraction of sp³-hybridized carbons (Fsp3) is 0.412. The molecule has 0 unspecified atom stereocenters. The van der Waals surface area contributed by atoms with Crippen molar-refractivity contribution in [2.75, 3.05) is 20.3 Å². The van der Waals surface area contributed by atoms with Gasteiger partial charge in [-0.15, -0.1) is 0 Å². The van der Waals surface area contributed by atoms with Gasteiger partial charge >= 0.3 is 0 Å². The zero-order valence-corrected chi connectivity index (χ0v) is 13.2. The van der Waals surface area contributed by atoms with E-state index in [0.717, 1.165) is 24.4 Å². The maximum Gasteiger partial charge on any atom is 0.249 e. The molecule has 1 aliphatic rings. The first-order chi connectivity index (χ1) is 11.3. The Morgan fingerprint density at radius 2 is 2.17 bits per heavy atom. The van der Waals surface area contributed by atoms with E-state index in [1.165, 1.54) is 7.11 Å². The number of amides is 1. The van der Waals surface area contributed by atoms with Crippen molar-refractivity contribution in [1.29, 1.82) is 0 Å². The van der Waals surface area contributed by atoms with Gasteiger partial charge in [0.25, 0.3) is 0 Å². The summed E-state index contributed by atoms with van der Waals surface area (Å²) in [7, 11) is 1.54. The number of aryl methyl sites for hydroxylation is 1. The van der Waals surface area contributed by atoms with Gasteiger partial charge < -0.3 is 18.9 Å². The molecule has 1 atom stereocenters. The summed E-state index contributed by atoms with van der Waals surface area (Å²) in [5.41, 5.74) is 1.04. The predicted octanol–water partition coefficient (Wildman–Crippen LogP) is 1.71. The van der Waals surface area contributed by atoms with Gasteiger partial charge in [-0.3, -0.25) is 4.79 Å². The molecule has 2 aromatic rings. The number of benzene rings is 1. The minimum Gasteiger partial charge on any atom is -0.491 e. The van der Waals surface area contributed by atoms with E-state index in [1.807, 2.05) is 47.8 Å². The van der Waals surface area contributed by atoms with Crippen LogP contribution in [0.25, 0.3) is 0 Å². The Morgan fingerprint density at radius 1 is 1.35 bits per heavy atom. The molecule has 0 N–H and O–H groups in total. The van der Waals surface area contributed by atoms with Crippen LogP contribution in [0.1, 0.15) is 12.1 Å². The fourth-order valence-corrected chi connectivity index (χ4v) is 2.81. The second-order valence-electron chi connectivity index (χ2n) is 5.60. The van der Waals surface area contributed by atoms with Crippen LogP contribution in [-0.4, -0.2) is 46.7 Å². The third-order valence-corrected chi connectivity index (χ3v) is 4.05. The van der Waals surface area contributed by atoms with Crippen LogP contribution in [0.2, 0.25) is 0 Å². The van der Waals surface area contributed by atoms with Crippen molar-refractivity contribution in [3.8, 4) is 5.75 Å². The third-order valence-electron chi connectivity index (χ3n) is 4.05. The SMILES string of the molecule is COCC(=O)N1Cc2cncn2CC[C@@H]1COc1ccccc1. The van der Waals surface area contributed by atoms with Crippen molar-refractivity contribution in [3.05, 3.63) is 48.5 Å². The molecule has 0 saturated carbocycles. The van der Waals surface area contributed by atoms with E-state index in [2.05, 4.69) is 9.55 Å². The van der Waals surface area contributed by atoms with Crippen LogP contribution >= 0.6 is 0 Å². The molecule has 1 amide bonds. The van der Waals surface area contributed by atoms with Gasteiger partial charge in [0.2, 0.25) is 5.91 Å². The summed E-state index contributed by atoms with van der Waals surface area (Å²) in [5.74, 6) is 0.793. The highest BCUT2D eigenvalue weighted by atomic mass is 16.5. The number of rotatable bonds is 5. The van der Waals surface area contributed by atoms with Crippen LogP contribution in [0.4, 0.5) is 0 Å². The van der Waals surface area contributed by atoms with E-state index >= 15 is 0 Å². The molecule has 1 aromatic heterocycles. The average molecular weight is 315 g/mol. The molecule has 6 nitrogen and oxygen atoms in total. The number of hydrogen-bond acceptors (Lipinski definition) is 4. The molecule has 0 fully saturated rings. The Bertz CT molecular complexity index is 642. The lowest BCUT2D eigenvalue weighted by molar-refractivity contribution is -0.139. The second-order valence-corrected chi connectivity index (χ2v) is 5.60. The summed E-state index contributed by atoms with van der Waals surface area (Å²) in [6.07, 6.45) is 4.45. The Morgan fingerprint density at radius 3 is 2.96 bits per heavy atom. The van der Waals surface area contributed by atoms with E-state index < -0.39 is 0 Å². The zero-order valence-electron chi connectivity index (χ0n) is 13.2. The van der Waals surface area contributed by atoms with Crippen LogP contribution in [0.5, 0.6) is 5.75 Å². The van der Waals surface area contributed by atoms with Gasteiger partial charge in [0, 0.05) is 19.9 Å². The van der Waals surface area contributed by atoms with E-state index in [0.29, 0.717) is 13.2 Å². The second kappa shape index (κ2) is 7.28. The summed E-state index contributed by atoms with van der Waals surface area (Å²) in [6, 6.07) is 9.68. The fourth-order valence-electron chi connectivity index (χ4n) is 2.81. The van der Waals surface area contributed by atoms with Crippen molar-refractivity contribution in [2.24, 2.45) is 0 Å². The summed E-state index contributed by atoms with van der Waals surface area (Å²) in [6.45, 7) is 1.91. The molecule has 1 aliphatic heterocycles. The number of imidazole rings is 1.